The second-order valence-electron chi connectivity index (χ2n) is 8.03. The molecule has 1 unspecified atom stereocenters. The van der Waals surface area contributed by atoms with Crippen molar-refractivity contribution >= 4 is 21.9 Å². The molecular weight excluding hydrogens is 431 g/mol. The van der Waals surface area contributed by atoms with E-state index in [2.05, 4.69) is 31.7 Å². The van der Waals surface area contributed by atoms with Crippen LogP contribution in [0.25, 0.3) is 38.9 Å². The molecule has 164 valence electrons. The van der Waals surface area contributed by atoms with Crippen molar-refractivity contribution in [2.45, 2.75) is 13.0 Å². The molecule has 1 atom stereocenters. The van der Waals surface area contributed by atoms with Crippen molar-refractivity contribution in [2.75, 3.05) is 0 Å². The average Bonchev–Trinajstić information content (AvgIpc) is 3.61. The lowest BCUT2D eigenvalue weighted by Gasteiger charge is -2.17. The summed E-state index contributed by atoms with van der Waals surface area (Å²) in [6.45, 7) is 1.99. The topological polar surface area (TPSA) is 101 Å². The number of nitrogens with zero attached hydrogens (tertiary/aromatic N) is 7. The maximum atomic E-state index is 15.2. The van der Waals surface area contributed by atoms with Gasteiger partial charge >= 0.3 is 0 Å². The predicted octanol–water partition coefficient (Wildman–Crippen LogP) is 4.78. The van der Waals surface area contributed by atoms with Gasteiger partial charge in [-0.1, -0.05) is 17.3 Å². The highest BCUT2D eigenvalue weighted by molar-refractivity contribution is 5.84. The molecule has 0 saturated heterocycles. The van der Waals surface area contributed by atoms with E-state index in [9.17, 15) is 0 Å². The lowest BCUT2D eigenvalue weighted by atomic mass is 10.0. The number of aromatic amines is 1. The molecule has 0 radical (unpaired) electrons. The van der Waals surface area contributed by atoms with Crippen LogP contribution in [0.2, 0.25) is 0 Å². The molecule has 3 aromatic carbocycles. The van der Waals surface area contributed by atoms with Crippen LogP contribution >= 0.6 is 0 Å². The number of hydrogen-bond donors (Lipinski definition) is 1. The van der Waals surface area contributed by atoms with Crippen molar-refractivity contribution in [1.82, 2.24) is 35.0 Å². The fraction of sp³-hybridized carbons (Fsp3) is 0.0800. The Labute approximate surface area is 192 Å². The molecule has 0 amide bonds. The molecular formula is C25H17FN8. The normalized spacial score (nSPS) is 12.3. The minimum absolute atomic E-state index is 0.168. The number of nitrogens with one attached hydrogen (secondary N) is 1. The predicted molar refractivity (Wildman–Crippen MR) is 125 cm³/mol. The maximum Gasteiger partial charge on any atom is 0.134 e. The van der Waals surface area contributed by atoms with E-state index >= 15 is 4.39 Å². The molecule has 0 aliphatic rings. The van der Waals surface area contributed by atoms with E-state index in [1.54, 1.807) is 46.0 Å². The minimum atomic E-state index is -0.405. The highest BCUT2D eigenvalue weighted by Crippen LogP contribution is 2.31. The number of hydrogen-bond acceptors (Lipinski definition) is 5. The van der Waals surface area contributed by atoms with Crippen LogP contribution in [0.15, 0.2) is 73.1 Å². The second kappa shape index (κ2) is 7.64. The van der Waals surface area contributed by atoms with Gasteiger partial charge < -0.3 is 0 Å². The van der Waals surface area contributed by atoms with Crippen molar-refractivity contribution in [3.8, 4) is 23.0 Å². The summed E-state index contributed by atoms with van der Waals surface area (Å²) in [6, 6.07) is 20.0. The van der Waals surface area contributed by atoms with Gasteiger partial charge in [-0.05, 0) is 55.0 Å². The molecule has 0 bridgehead atoms. The summed E-state index contributed by atoms with van der Waals surface area (Å²) >= 11 is 0. The van der Waals surface area contributed by atoms with E-state index in [0.717, 1.165) is 22.2 Å². The van der Waals surface area contributed by atoms with Gasteiger partial charge in [0, 0.05) is 23.2 Å². The van der Waals surface area contributed by atoms with Crippen LogP contribution in [0, 0.1) is 17.1 Å². The summed E-state index contributed by atoms with van der Waals surface area (Å²) in [4.78, 5) is 0. The van der Waals surface area contributed by atoms with Crippen molar-refractivity contribution in [1.29, 1.82) is 5.26 Å². The van der Waals surface area contributed by atoms with Crippen molar-refractivity contribution in [3.63, 3.8) is 0 Å². The standard InChI is InChI=1S/C25H17FN8/c1-15(17-4-2-16(13-27)3-5-17)33-24(8-9-29-33)20-11-25-23(12-21(20)26)31-32-34(25)19-7-6-18-14-28-30-22(18)10-19/h2-12,14-15H,1H3,(H,28,30). The first-order valence-corrected chi connectivity index (χ1v) is 10.6. The molecule has 0 saturated carbocycles. The summed E-state index contributed by atoms with van der Waals surface area (Å²) < 4.78 is 18.7. The number of halogens is 1. The Hall–Kier alpha value is -4.84. The highest BCUT2D eigenvalue weighted by atomic mass is 19.1. The van der Waals surface area contributed by atoms with Crippen LogP contribution in [0.3, 0.4) is 0 Å². The Kier molecular flexibility index (Phi) is 4.45. The molecule has 1 N–H and O–H groups in total. The van der Waals surface area contributed by atoms with Gasteiger partial charge in [-0.25, -0.2) is 9.07 Å². The van der Waals surface area contributed by atoms with Crippen LogP contribution < -0.4 is 0 Å². The number of fused-ring (bicyclic) bond motifs is 2. The summed E-state index contributed by atoms with van der Waals surface area (Å²) in [5.41, 5.74) is 5.37. The van der Waals surface area contributed by atoms with E-state index in [4.69, 9.17) is 5.26 Å². The number of rotatable bonds is 4. The molecule has 0 fully saturated rings. The molecule has 0 aliphatic heterocycles. The molecule has 6 rings (SSSR count). The Morgan fingerprint density at radius 1 is 1.06 bits per heavy atom. The van der Waals surface area contributed by atoms with Gasteiger partial charge in [-0.2, -0.15) is 15.5 Å². The van der Waals surface area contributed by atoms with Gasteiger partial charge in [0.15, 0.2) is 0 Å². The SMILES string of the molecule is CC(c1ccc(C#N)cc1)n1nccc1-c1cc2c(cc1F)nnn2-c1ccc2cn[nH]c2c1. The van der Waals surface area contributed by atoms with Crippen molar-refractivity contribution in [2.24, 2.45) is 0 Å². The zero-order valence-corrected chi connectivity index (χ0v) is 18.0. The van der Waals surface area contributed by atoms with E-state index in [1.807, 2.05) is 37.3 Å². The lowest BCUT2D eigenvalue weighted by Crippen LogP contribution is -2.10. The fourth-order valence-corrected chi connectivity index (χ4v) is 4.20. The van der Waals surface area contributed by atoms with Crippen LogP contribution in [0.5, 0.6) is 0 Å². The lowest BCUT2D eigenvalue weighted by molar-refractivity contribution is 0.566. The van der Waals surface area contributed by atoms with E-state index in [0.29, 0.717) is 27.9 Å². The molecule has 6 aromatic rings. The third-order valence-electron chi connectivity index (χ3n) is 6.04. The molecule has 9 heteroatoms. The summed E-state index contributed by atoms with van der Waals surface area (Å²) in [6.07, 6.45) is 3.41. The number of benzene rings is 3. The maximum absolute atomic E-state index is 15.2. The largest absolute Gasteiger partial charge is 0.278 e. The summed E-state index contributed by atoms with van der Waals surface area (Å²) in [7, 11) is 0. The summed E-state index contributed by atoms with van der Waals surface area (Å²) in [5, 5.41) is 30.0. The molecule has 3 aromatic heterocycles. The van der Waals surface area contributed by atoms with Gasteiger partial charge in [0.25, 0.3) is 0 Å². The first-order chi connectivity index (χ1) is 16.6. The van der Waals surface area contributed by atoms with Gasteiger partial charge in [0.05, 0.1) is 46.3 Å². The van der Waals surface area contributed by atoms with Crippen LogP contribution in [0.1, 0.15) is 24.1 Å². The highest BCUT2D eigenvalue weighted by Gasteiger charge is 2.19. The molecule has 0 aliphatic carbocycles. The third-order valence-corrected chi connectivity index (χ3v) is 6.04. The number of nitriles is 1. The first-order valence-electron chi connectivity index (χ1n) is 10.6. The van der Waals surface area contributed by atoms with E-state index < -0.39 is 5.82 Å². The zero-order chi connectivity index (χ0) is 23.2. The quantitative estimate of drug-likeness (QED) is 0.418. The first kappa shape index (κ1) is 19.8. The Morgan fingerprint density at radius 3 is 2.74 bits per heavy atom. The minimum Gasteiger partial charge on any atom is -0.278 e. The third kappa shape index (κ3) is 3.12. The zero-order valence-electron chi connectivity index (χ0n) is 18.0. The molecule has 0 spiro atoms. The molecule has 8 nitrogen and oxygen atoms in total. The Bertz CT molecular complexity index is 1700. The smallest absolute Gasteiger partial charge is 0.134 e. The Balaban J connectivity index is 1.46. The van der Waals surface area contributed by atoms with Crippen LogP contribution in [-0.2, 0) is 0 Å². The van der Waals surface area contributed by atoms with E-state index in [1.165, 1.54) is 6.07 Å². The molecule has 3 heterocycles. The van der Waals surface area contributed by atoms with Gasteiger partial charge in [0.2, 0.25) is 0 Å². The van der Waals surface area contributed by atoms with Crippen LogP contribution in [0.4, 0.5) is 4.39 Å². The fourth-order valence-electron chi connectivity index (χ4n) is 4.20. The van der Waals surface area contributed by atoms with Gasteiger partial charge in [-0.15, -0.1) is 5.10 Å². The number of H-pyrrole nitrogens is 1. The molecule has 34 heavy (non-hydrogen) atoms. The van der Waals surface area contributed by atoms with E-state index in [-0.39, 0.29) is 6.04 Å². The van der Waals surface area contributed by atoms with Crippen LogP contribution in [-0.4, -0.2) is 35.0 Å². The number of aromatic nitrogens is 7. The van der Waals surface area contributed by atoms with Gasteiger partial charge in [0.1, 0.15) is 11.3 Å². The Morgan fingerprint density at radius 2 is 1.91 bits per heavy atom. The monoisotopic (exact) mass is 448 g/mol. The van der Waals surface area contributed by atoms with Crippen molar-refractivity contribution < 1.29 is 4.39 Å². The summed E-state index contributed by atoms with van der Waals surface area (Å²) in [5.74, 6) is -0.405. The van der Waals surface area contributed by atoms with Crippen molar-refractivity contribution in [3.05, 3.63) is 90.0 Å². The van der Waals surface area contributed by atoms with Gasteiger partial charge in [-0.3, -0.25) is 9.78 Å². The average molecular weight is 448 g/mol. The second-order valence-corrected chi connectivity index (χ2v) is 8.03.